The molecule has 0 aliphatic heterocycles. The quantitative estimate of drug-likeness (QED) is 0.536. The number of benzene rings is 1. The molecule has 3 N–H and O–H groups in total. The molecular weight excluding hydrogens is 198 g/mol. The molecule has 0 bridgehead atoms. The summed E-state index contributed by atoms with van der Waals surface area (Å²) in [6.45, 7) is -0.431. The smallest absolute Gasteiger partial charge is 0.344 e. The van der Waals surface area contributed by atoms with E-state index in [1.165, 1.54) is 0 Å². The molecule has 15 heavy (non-hydrogen) atoms. The average Bonchev–Trinajstić information content (AvgIpc) is 2.25. The molecule has 0 amide bonds. The van der Waals surface area contributed by atoms with Gasteiger partial charge in [0.1, 0.15) is 12.4 Å². The number of esters is 1. The third-order valence-corrected chi connectivity index (χ3v) is 1.62. The van der Waals surface area contributed by atoms with Crippen molar-refractivity contribution in [1.29, 1.82) is 0 Å². The zero-order chi connectivity index (χ0) is 11.1. The zero-order valence-electron chi connectivity index (χ0n) is 8.18. The molecule has 1 rings (SSSR count). The molecule has 0 aromatic heterocycles. The third-order valence-electron chi connectivity index (χ3n) is 1.62. The molecule has 0 saturated heterocycles. The van der Waals surface area contributed by atoms with Crippen LogP contribution in [0.5, 0.6) is 5.75 Å². The molecule has 0 atom stereocenters. The number of nitrogen functional groups attached to an aromatic ring is 1. The van der Waals surface area contributed by atoms with E-state index >= 15 is 0 Å². The second-order valence-electron chi connectivity index (χ2n) is 2.77. The summed E-state index contributed by atoms with van der Waals surface area (Å²) >= 11 is 0. The maximum absolute atomic E-state index is 11.0. The van der Waals surface area contributed by atoms with Crippen molar-refractivity contribution >= 4 is 11.7 Å². The van der Waals surface area contributed by atoms with Crippen molar-refractivity contribution < 1.29 is 19.4 Å². The number of carbonyl (C=O) groups is 1. The standard InChI is InChI=1S/C10H13NO4/c11-8-3-1-2-4-9(8)15-7-10(13)14-6-5-12/h1-4,12H,5-7,11H2. The summed E-state index contributed by atoms with van der Waals surface area (Å²) in [7, 11) is 0. The van der Waals surface area contributed by atoms with Gasteiger partial charge in [-0.15, -0.1) is 0 Å². The van der Waals surface area contributed by atoms with E-state index in [1.807, 2.05) is 0 Å². The fourth-order valence-electron chi connectivity index (χ4n) is 0.950. The SMILES string of the molecule is Nc1ccccc1OCC(=O)OCCO. The number of para-hydroxylation sites is 2. The molecule has 0 aliphatic rings. The second kappa shape index (κ2) is 5.87. The first kappa shape index (κ1) is 11.3. The maximum atomic E-state index is 11.0. The van der Waals surface area contributed by atoms with Crippen LogP contribution in [0.2, 0.25) is 0 Å². The van der Waals surface area contributed by atoms with Crippen molar-refractivity contribution in [2.24, 2.45) is 0 Å². The Morgan fingerprint density at radius 3 is 2.80 bits per heavy atom. The number of anilines is 1. The minimum Gasteiger partial charge on any atom is -0.480 e. The summed E-state index contributed by atoms with van der Waals surface area (Å²) < 4.78 is 9.71. The largest absolute Gasteiger partial charge is 0.480 e. The summed E-state index contributed by atoms with van der Waals surface area (Å²) in [5, 5.41) is 8.41. The lowest BCUT2D eigenvalue weighted by molar-refractivity contribution is -0.146. The Balaban J connectivity index is 2.37. The number of hydrogen-bond acceptors (Lipinski definition) is 5. The van der Waals surface area contributed by atoms with E-state index in [4.69, 9.17) is 15.6 Å². The normalized spacial score (nSPS) is 9.67. The molecule has 5 heteroatoms. The number of ether oxygens (including phenoxy) is 2. The number of carbonyl (C=O) groups excluding carboxylic acids is 1. The second-order valence-corrected chi connectivity index (χ2v) is 2.77. The molecule has 5 nitrogen and oxygen atoms in total. The van der Waals surface area contributed by atoms with Crippen molar-refractivity contribution in [3.05, 3.63) is 24.3 Å². The molecule has 1 aromatic carbocycles. The van der Waals surface area contributed by atoms with E-state index in [-0.39, 0.29) is 19.8 Å². The van der Waals surface area contributed by atoms with Gasteiger partial charge in [-0.05, 0) is 12.1 Å². The van der Waals surface area contributed by atoms with Gasteiger partial charge in [0.25, 0.3) is 0 Å². The highest BCUT2D eigenvalue weighted by molar-refractivity contribution is 5.71. The van der Waals surface area contributed by atoms with Crippen LogP contribution in [0.1, 0.15) is 0 Å². The highest BCUT2D eigenvalue weighted by Gasteiger charge is 2.05. The molecule has 0 heterocycles. The van der Waals surface area contributed by atoms with Crippen molar-refractivity contribution in [2.75, 3.05) is 25.6 Å². The Kier molecular flexibility index (Phi) is 4.43. The van der Waals surface area contributed by atoms with Gasteiger partial charge in [-0.1, -0.05) is 12.1 Å². The van der Waals surface area contributed by atoms with Gasteiger partial charge in [0.15, 0.2) is 6.61 Å². The van der Waals surface area contributed by atoms with Crippen LogP contribution < -0.4 is 10.5 Å². The van der Waals surface area contributed by atoms with E-state index in [2.05, 4.69) is 4.74 Å². The topological polar surface area (TPSA) is 81.8 Å². The van der Waals surface area contributed by atoms with Crippen LogP contribution in [-0.2, 0) is 9.53 Å². The maximum Gasteiger partial charge on any atom is 0.344 e. The van der Waals surface area contributed by atoms with Gasteiger partial charge < -0.3 is 20.3 Å². The predicted octanol–water partition coefficient (Wildman–Crippen LogP) is 0.183. The Bertz CT molecular complexity index is 327. The monoisotopic (exact) mass is 211 g/mol. The van der Waals surface area contributed by atoms with Gasteiger partial charge in [0, 0.05) is 0 Å². The van der Waals surface area contributed by atoms with Gasteiger partial charge in [-0.2, -0.15) is 0 Å². The van der Waals surface area contributed by atoms with Crippen LogP contribution in [0.25, 0.3) is 0 Å². The molecule has 0 radical (unpaired) electrons. The van der Waals surface area contributed by atoms with Crippen LogP contribution in [0.15, 0.2) is 24.3 Å². The van der Waals surface area contributed by atoms with Crippen LogP contribution in [0, 0.1) is 0 Å². The van der Waals surface area contributed by atoms with Crippen molar-refractivity contribution in [3.8, 4) is 5.75 Å². The molecule has 1 aromatic rings. The van der Waals surface area contributed by atoms with Gasteiger partial charge in [0.05, 0.1) is 12.3 Å². The Labute approximate surface area is 87.4 Å². The number of aliphatic hydroxyl groups is 1. The van der Waals surface area contributed by atoms with Crippen LogP contribution >= 0.6 is 0 Å². The first-order valence-electron chi connectivity index (χ1n) is 4.48. The Morgan fingerprint density at radius 2 is 2.13 bits per heavy atom. The lowest BCUT2D eigenvalue weighted by Crippen LogP contribution is -2.17. The van der Waals surface area contributed by atoms with Gasteiger partial charge in [0.2, 0.25) is 0 Å². The first-order valence-corrected chi connectivity index (χ1v) is 4.48. The molecule has 0 fully saturated rings. The van der Waals surface area contributed by atoms with E-state index < -0.39 is 5.97 Å². The van der Waals surface area contributed by atoms with E-state index in [1.54, 1.807) is 24.3 Å². The van der Waals surface area contributed by atoms with E-state index in [0.717, 1.165) is 0 Å². The van der Waals surface area contributed by atoms with Crippen molar-refractivity contribution in [3.63, 3.8) is 0 Å². The summed E-state index contributed by atoms with van der Waals surface area (Å²) in [5.41, 5.74) is 6.06. The summed E-state index contributed by atoms with van der Waals surface area (Å²) in [4.78, 5) is 11.0. The van der Waals surface area contributed by atoms with Crippen LogP contribution in [-0.4, -0.2) is 30.9 Å². The number of aliphatic hydroxyl groups excluding tert-OH is 1. The molecule has 0 aliphatic carbocycles. The Morgan fingerprint density at radius 1 is 1.40 bits per heavy atom. The Hall–Kier alpha value is -1.75. The highest BCUT2D eigenvalue weighted by atomic mass is 16.6. The summed E-state index contributed by atoms with van der Waals surface area (Å²) in [6, 6.07) is 6.86. The summed E-state index contributed by atoms with van der Waals surface area (Å²) in [5.74, 6) is -0.0919. The van der Waals surface area contributed by atoms with E-state index in [0.29, 0.717) is 11.4 Å². The molecule has 82 valence electrons. The number of rotatable bonds is 5. The van der Waals surface area contributed by atoms with E-state index in [9.17, 15) is 4.79 Å². The molecule has 0 spiro atoms. The lowest BCUT2D eigenvalue weighted by atomic mass is 10.3. The average molecular weight is 211 g/mol. The molecule has 0 saturated carbocycles. The molecular formula is C10H13NO4. The number of nitrogens with two attached hydrogens (primary N) is 1. The van der Waals surface area contributed by atoms with Gasteiger partial charge in [-0.25, -0.2) is 4.79 Å². The minimum atomic E-state index is -0.535. The molecule has 0 unspecified atom stereocenters. The third kappa shape index (κ3) is 3.86. The number of hydrogen-bond donors (Lipinski definition) is 2. The van der Waals surface area contributed by atoms with Crippen molar-refractivity contribution in [1.82, 2.24) is 0 Å². The van der Waals surface area contributed by atoms with Crippen molar-refractivity contribution in [2.45, 2.75) is 0 Å². The first-order chi connectivity index (χ1) is 7.24. The zero-order valence-corrected chi connectivity index (χ0v) is 8.18. The minimum absolute atomic E-state index is 0.0214. The lowest BCUT2D eigenvalue weighted by Gasteiger charge is -2.07. The fraction of sp³-hybridized carbons (Fsp3) is 0.300. The van der Waals surface area contributed by atoms with Crippen LogP contribution in [0.3, 0.4) is 0 Å². The fourth-order valence-corrected chi connectivity index (χ4v) is 0.950. The van der Waals surface area contributed by atoms with Gasteiger partial charge >= 0.3 is 5.97 Å². The van der Waals surface area contributed by atoms with Gasteiger partial charge in [-0.3, -0.25) is 0 Å². The predicted molar refractivity (Wildman–Crippen MR) is 54.4 cm³/mol. The van der Waals surface area contributed by atoms with Crippen LogP contribution in [0.4, 0.5) is 5.69 Å². The summed E-state index contributed by atoms with van der Waals surface area (Å²) in [6.07, 6.45) is 0. The highest BCUT2D eigenvalue weighted by Crippen LogP contribution is 2.19.